The molecule has 3 rings (SSSR count). The molecule has 1 aromatic carbocycles. The van der Waals surface area contributed by atoms with Crippen LogP contribution in [0.15, 0.2) is 30.1 Å². The number of hydrogen-bond donors (Lipinski definition) is 3. The van der Waals surface area contributed by atoms with Gasteiger partial charge in [0.25, 0.3) is 0 Å². The van der Waals surface area contributed by atoms with E-state index in [9.17, 15) is 4.79 Å². The van der Waals surface area contributed by atoms with E-state index < -0.39 is 5.91 Å². The minimum Gasteiger partial charge on any atom is -0.492 e. The molecule has 0 spiro atoms. The first-order valence-electron chi connectivity index (χ1n) is 7.95. The largest absolute Gasteiger partial charge is 0.492 e. The molecule has 0 fully saturated rings. The summed E-state index contributed by atoms with van der Waals surface area (Å²) in [5.74, 6) is 6.52. The zero-order valence-electron chi connectivity index (χ0n) is 14.2. The van der Waals surface area contributed by atoms with Gasteiger partial charge in [0.1, 0.15) is 5.75 Å². The number of nitrogens with two attached hydrogens (primary N) is 3. The fraction of sp³-hybridized carbons (Fsp3) is 0.294. The van der Waals surface area contributed by atoms with Crippen LogP contribution in [0, 0.1) is 5.92 Å². The SMILES string of the molecule is CC(C)/C(=C/N)N(N)c1nc2c(s1)CCOc1cc(C(N)=O)ccc1-2. The summed E-state index contributed by atoms with van der Waals surface area (Å²) in [6, 6.07) is 5.15. The number of aromatic nitrogens is 1. The van der Waals surface area contributed by atoms with Crippen LogP contribution >= 0.6 is 11.3 Å². The van der Waals surface area contributed by atoms with Gasteiger partial charge in [0.15, 0.2) is 0 Å². The van der Waals surface area contributed by atoms with E-state index in [1.54, 1.807) is 12.1 Å². The van der Waals surface area contributed by atoms with Crippen LogP contribution < -0.4 is 27.1 Å². The van der Waals surface area contributed by atoms with Gasteiger partial charge in [0.2, 0.25) is 11.0 Å². The molecule has 8 heteroatoms. The van der Waals surface area contributed by atoms with E-state index >= 15 is 0 Å². The number of hydrogen-bond acceptors (Lipinski definition) is 7. The molecule has 1 aliphatic rings. The smallest absolute Gasteiger partial charge is 0.248 e. The normalized spacial score (nSPS) is 13.7. The van der Waals surface area contributed by atoms with Crippen molar-refractivity contribution in [3.8, 4) is 17.0 Å². The summed E-state index contributed by atoms with van der Waals surface area (Å²) < 4.78 is 5.77. The Morgan fingerprint density at radius 3 is 2.84 bits per heavy atom. The Hall–Kier alpha value is -2.58. The molecule has 0 saturated heterocycles. The molecule has 1 amide bonds. The number of ether oxygens (including phenoxy) is 1. The van der Waals surface area contributed by atoms with Gasteiger partial charge in [0.05, 0.1) is 18.0 Å². The summed E-state index contributed by atoms with van der Waals surface area (Å²) in [7, 11) is 0. The quantitative estimate of drug-likeness (QED) is 0.567. The molecule has 25 heavy (non-hydrogen) atoms. The second-order valence-corrected chi connectivity index (χ2v) is 7.12. The Morgan fingerprint density at radius 1 is 1.44 bits per heavy atom. The highest BCUT2D eigenvalue weighted by Crippen LogP contribution is 2.40. The summed E-state index contributed by atoms with van der Waals surface area (Å²) in [6.45, 7) is 4.54. The number of thiazole rings is 1. The van der Waals surface area contributed by atoms with Crippen LogP contribution in [0.5, 0.6) is 5.75 Å². The van der Waals surface area contributed by atoms with Crippen LogP contribution in [0.1, 0.15) is 29.1 Å². The number of allylic oxidation sites excluding steroid dienone is 1. The molecule has 0 aliphatic carbocycles. The molecule has 0 bridgehead atoms. The summed E-state index contributed by atoms with van der Waals surface area (Å²) in [5, 5.41) is 2.20. The fourth-order valence-electron chi connectivity index (χ4n) is 2.73. The Morgan fingerprint density at radius 2 is 2.20 bits per heavy atom. The fourth-order valence-corrected chi connectivity index (χ4v) is 3.73. The van der Waals surface area contributed by atoms with E-state index in [1.165, 1.54) is 22.5 Å². The Balaban J connectivity index is 2.05. The Kier molecular flexibility index (Phi) is 4.65. The van der Waals surface area contributed by atoms with Gasteiger partial charge in [-0.15, -0.1) is 0 Å². The molecule has 0 saturated carbocycles. The zero-order valence-corrected chi connectivity index (χ0v) is 15.0. The third-order valence-electron chi connectivity index (χ3n) is 4.04. The molecule has 0 radical (unpaired) electrons. The van der Waals surface area contributed by atoms with Crippen molar-refractivity contribution in [2.45, 2.75) is 20.3 Å². The first-order valence-corrected chi connectivity index (χ1v) is 8.77. The van der Waals surface area contributed by atoms with Crippen LogP contribution in [0.4, 0.5) is 5.13 Å². The van der Waals surface area contributed by atoms with Crippen molar-refractivity contribution in [3.63, 3.8) is 0 Å². The van der Waals surface area contributed by atoms with Gasteiger partial charge in [-0.1, -0.05) is 25.2 Å². The second-order valence-electron chi connectivity index (χ2n) is 6.06. The molecule has 0 unspecified atom stereocenters. The maximum atomic E-state index is 11.4. The number of rotatable bonds is 4. The van der Waals surface area contributed by atoms with E-state index in [2.05, 4.69) is 0 Å². The minimum absolute atomic E-state index is 0.174. The molecule has 7 nitrogen and oxygen atoms in total. The maximum absolute atomic E-state index is 11.4. The summed E-state index contributed by atoms with van der Waals surface area (Å²) in [5.41, 5.74) is 13.9. The lowest BCUT2D eigenvalue weighted by Crippen LogP contribution is -2.33. The number of nitrogens with zero attached hydrogens (tertiary/aromatic N) is 2. The summed E-state index contributed by atoms with van der Waals surface area (Å²) >= 11 is 1.51. The van der Waals surface area contributed by atoms with Gasteiger partial charge in [0, 0.05) is 28.6 Å². The first-order chi connectivity index (χ1) is 11.9. The number of hydrazine groups is 1. The number of carbonyl (C=O) groups excluding carboxylic acids is 1. The second kappa shape index (κ2) is 6.73. The molecule has 1 aliphatic heterocycles. The first kappa shape index (κ1) is 17.2. The number of primary amides is 1. The highest BCUT2D eigenvalue weighted by Gasteiger charge is 2.24. The van der Waals surface area contributed by atoms with Gasteiger partial charge in [-0.3, -0.25) is 9.80 Å². The molecule has 2 aromatic rings. The molecule has 132 valence electrons. The molecular weight excluding hydrogens is 338 g/mol. The van der Waals surface area contributed by atoms with Gasteiger partial charge < -0.3 is 16.2 Å². The number of anilines is 1. The van der Waals surface area contributed by atoms with Crippen molar-refractivity contribution in [1.29, 1.82) is 0 Å². The van der Waals surface area contributed by atoms with Crippen molar-refractivity contribution in [1.82, 2.24) is 4.98 Å². The van der Waals surface area contributed by atoms with Gasteiger partial charge in [-0.2, -0.15) is 0 Å². The van der Waals surface area contributed by atoms with Crippen LogP contribution in [-0.2, 0) is 6.42 Å². The molecule has 0 atom stereocenters. The average molecular weight is 359 g/mol. The number of carbonyl (C=O) groups is 1. The van der Waals surface area contributed by atoms with Gasteiger partial charge >= 0.3 is 0 Å². The standard InChI is InChI=1S/C17H21N5O2S/c1-9(2)12(8-18)22(20)17-21-15-11-4-3-10(16(19)23)7-13(11)24-6-5-14(15)25-17/h3-4,7-9H,5-6,18,20H2,1-2H3,(H2,19,23)/b12-8-. The number of fused-ring (bicyclic) bond motifs is 3. The molecule has 2 heterocycles. The van der Waals surface area contributed by atoms with Gasteiger partial charge in [-0.25, -0.2) is 10.8 Å². The van der Waals surface area contributed by atoms with Crippen LogP contribution in [0.2, 0.25) is 0 Å². The van der Waals surface area contributed by atoms with Crippen molar-refractivity contribution in [3.05, 3.63) is 40.5 Å². The molecular formula is C17H21N5O2S. The molecule has 6 N–H and O–H groups in total. The van der Waals surface area contributed by atoms with Crippen molar-refractivity contribution >= 4 is 22.4 Å². The zero-order chi connectivity index (χ0) is 18.1. The maximum Gasteiger partial charge on any atom is 0.248 e. The Labute approximate surface area is 150 Å². The van der Waals surface area contributed by atoms with Crippen molar-refractivity contribution in [2.24, 2.45) is 23.2 Å². The monoisotopic (exact) mass is 359 g/mol. The highest BCUT2D eigenvalue weighted by atomic mass is 32.1. The predicted molar refractivity (Wildman–Crippen MR) is 99.0 cm³/mol. The van der Waals surface area contributed by atoms with Crippen LogP contribution in [0.3, 0.4) is 0 Å². The minimum atomic E-state index is -0.488. The van der Waals surface area contributed by atoms with Crippen LogP contribution in [0.25, 0.3) is 11.3 Å². The van der Waals surface area contributed by atoms with E-state index in [4.69, 9.17) is 27.0 Å². The molecule has 1 aromatic heterocycles. The van der Waals surface area contributed by atoms with Gasteiger partial charge in [-0.05, 0) is 24.1 Å². The third kappa shape index (κ3) is 3.18. The van der Waals surface area contributed by atoms with E-state index in [-0.39, 0.29) is 5.92 Å². The lowest BCUT2D eigenvalue weighted by molar-refractivity contribution is 0.1000. The van der Waals surface area contributed by atoms with E-state index in [0.29, 0.717) is 29.5 Å². The lowest BCUT2D eigenvalue weighted by atomic mass is 10.1. The average Bonchev–Trinajstić information content (AvgIpc) is 2.91. The Bertz CT molecular complexity index is 844. The number of benzene rings is 1. The third-order valence-corrected chi connectivity index (χ3v) is 5.15. The van der Waals surface area contributed by atoms with Crippen LogP contribution in [-0.4, -0.2) is 17.5 Å². The predicted octanol–water partition coefficient (Wildman–Crippen LogP) is 1.98. The number of amides is 1. The van der Waals surface area contributed by atoms with Crippen molar-refractivity contribution < 1.29 is 9.53 Å². The van der Waals surface area contributed by atoms with E-state index in [1.807, 2.05) is 19.9 Å². The topological polar surface area (TPSA) is 120 Å². The lowest BCUT2D eigenvalue weighted by Gasteiger charge is -2.21. The summed E-state index contributed by atoms with van der Waals surface area (Å²) in [4.78, 5) is 17.2. The summed E-state index contributed by atoms with van der Waals surface area (Å²) in [6.07, 6.45) is 2.22. The highest BCUT2D eigenvalue weighted by molar-refractivity contribution is 7.16. The van der Waals surface area contributed by atoms with Crippen molar-refractivity contribution in [2.75, 3.05) is 11.6 Å². The van der Waals surface area contributed by atoms with E-state index in [0.717, 1.165) is 21.8 Å².